The molecule has 1 aromatic carbocycles. The van der Waals surface area contributed by atoms with Crippen LogP contribution in [-0.4, -0.2) is 32.8 Å². The van der Waals surface area contributed by atoms with E-state index >= 15 is 0 Å². The topological polar surface area (TPSA) is 80.3 Å². The number of carbonyl (C=O) groups excluding carboxylic acids is 2. The van der Waals surface area contributed by atoms with Crippen LogP contribution < -0.4 is 9.47 Å². The van der Waals surface area contributed by atoms with E-state index in [0.29, 0.717) is 5.75 Å². The molecule has 0 aliphatic rings. The summed E-state index contributed by atoms with van der Waals surface area (Å²) in [5, 5.41) is 0. The van der Waals surface area contributed by atoms with E-state index in [0.717, 1.165) is 6.08 Å². The third-order valence-electron chi connectivity index (χ3n) is 1.91. The third kappa shape index (κ3) is 5.87. The first kappa shape index (κ1) is 15.5. The minimum Gasteiger partial charge on any atom is -0.468 e. The van der Waals surface area contributed by atoms with Gasteiger partial charge in [0.25, 0.3) is 0 Å². The zero-order chi connectivity index (χ0) is 14.8. The van der Waals surface area contributed by atoms with Crippen LogP contribution in [0.25, 0.3) is 0 Å². The molecule has 0 amide bonds. The molecule has 0 bridgehead atoms. The van der Waals surface area contributed by atoms with Crippen molar-refractivity contribution in [3.63, 3.8) is 0 Å². The quantitative estimate of drug-likeness (QED) is 0.327. The van der Waals surface area contributed by atoms with E-state index in [1.165, 1.54) is 19.2 Å². The van der Waals surface area contributed by atoms with Crippen molar-refractivity contribution in [3.05, 3.63) is 36.9 Å². The molecule has 0 spiro atoms. The minimum atomic E-state index is -0.993. The third-order valence-corrected chi connectivity index (χ3v) is 1.91. The molecule has 0 unspecified atom stereocenters. The first-order valence-corrected chi connectivity index (χ1v) is 5.51. The van der Waals surface area contributed by atoms with Gasteiger partial charge in [0.05, 0.1) is 0 Å². The average Bonchev–Trinajstić information content (AvgIpc) is 2.46. The molecule has 1 aromatic rings. The highest BCUT2D eigenvalue weighted by Crippen LogP contribution is 2.17. The van der Waals surface area contributed by atoms with Crippen molar-refractivity contribution < 1.29 is 33.3 Å². The summed E-state index contributed by atoms with van der Waals surface area (Å²) < 4.78 is 23.7. The van der Waals surface area contributed by atoms with Crippen LogP contribution in [0.4, 0.5) is 4.79 Å². The molecule has 0 aliphatic carbocycles. The van der Waals surface area contributed by atoms with Crippen molar-refractivity contribution in [2.24, 2.45) is 0 Å². The molecule has 0 aromatic heterocycles. The molecule has 0 atom stereocenters. The standard InChI is InChI=1S/C13H14O7/c1-3-12(14)18-9-19-13(15)20-11-6-4-10(5-7-11)17-8-16-2/h3-7H,1,8-9H2,2H3. The molecule has 0 saturated heterocycles. The molecule has 7 nitrogen and oxygen atoms in total. The van der Waals surface area contributed by atoms with E-state index in [1.54, 1.807) is 12.1 Å². The Hall–Kier alpha value is -2.54. The number of benzene rings is 1. The van der Waals surface area contributed by atoms with Crippen LogP contribution in [0, 0.1) is 0 Å². The predicted octanol–water partition coefficient (Wildman–Crippen LogP) is 1.87. The summed E-state index contributed by atoms with van der Waals surface area (Å²) in [6.07, 6.45) is -0.0413. The summed E-state index contributed by atoms with van der Waals surface area (Å²) in [5.41, 5.74) is 0. The number of hydrogen-bond donors (Lipinski definition) is 0. The van der Waals surface area contributed by atoms with Gasteiger partial charge in [-0.05, 0) is 24.3 Å². The summed E-state index contributed by atoms with van der Waals surface area (Å²) in [5.74, 6) is 0.125. The lowest BCUT2D eigenvalue weighted by Crippen LogP contribution is -2.14. The first-order valence-electron chi connectivity index (χ1n) is 5.51. The molecular formula is C13H14O7. The molecule has 7 heteroatoms. The second-order valence-corrected chi connectivity index (χ2v) is 3.30. The lowest BCUT2D eigenvalue weighted by molar-refractivity contribution is -0.146. The summed E-state index contributed by atoms with van der Waals surface area (Å²) in [7, 11) is 1.51. The van der Waals surface area contributed by atoms with Gasteiger partial charge in [-0.1, -0.05) is 6.58 Å². The van der Waals surface area contributed by atoms with Crippen LogP contribution >= 0.6 is 0 Å². The van der Waals surface area contributed by atoms with Gasteiger partial charge in [-0.2, -0.15) is 0 Å². The van der Waals surface area contributed by atoms with Crippen molar-refractivity contribution in [2.45, 2.75) is 0 Å². The largest absolute Gasteiger partial charge is 0.516 e. The number of rotatable bonds is 7. The van der Waals surface area contributed by atoms with Gasteiger partial charge in [0, 0.05) is 13.2 Å². The van der Waals surface area contributed by atoms with Gasteiger partial charge in [-0.15, -0.1) is 0 Å². The Morgan fingerprint density at radius 3 is 2.35 bits per heavy atom. The smallest absolute Gasteiger partial charge is 0.468 e. The van der Waals surface area contributed by atoms with Gasteiger partial charge in [0.15, 0.2) is 6.79 Å². The van der Waals surface area contributed by atoms with E-state index in [2.05, 4.69) is 16.1 Å². The molecule has 0 aliphatic heterocycles. The number of esters is 1. The highest BCUT2D eigenvalue weighted by atomic mass is 16.8. The van der Waals surface area contributed by atoms with Crippen molar-refractivity contribution in [1.82, 2.24) is 0 Å². The minimum absolute atomic E-state index is 0.122. The summed E-state index contributed by atoms with van der Waals surface area (Å²) >= 11 is 0. The fourth-order valence-corrected chi connectivity index (χ4v) is 1.05. The fraction of sp³-hybridized carbons (Fsp3) is 0.231. The van der Waals surface area contributed by atoms with Crippen molar-refractivity contribution in [3.8, 4) is 11.5 Å². The van der Waals surface area contributed by atoms with E-state index in [-0.39, 0.29) is 12.5 Å². The normalized spacial score (nSPS) is 9.45. The average molecular weight is 282 g/mol. The molecule has 20 heavy (non-hydrogen) atoms. The van der Waals surface area contributed by atoms with Gasteiger partial charge < -0.3 is 23.7 Å². The van der Waals surface area contributed by atoms with E-state index in [1.807, 2.05) is 0 Å². The highest BCUT2D eigenvalue weighted by Gasteiger charge is 2.07. The maximum atomic E-state index is 11.2. The Bertz CT molecular complexity index is 452. The molecule has 0 fully saturated rings. The van der Waals surface area contributed by atoms with Crippen molar-refractivity contribution in [2.75, 3.05) is 20.7 Å². The van der Waals surface area contributed by atoms with Crippen LogP contribution in [-0.2, 0) is 19.0 Å². The second kappa shape index (κ2) is 8.54. The molecular weight excluding hydrogens is 268 g/mol. The summed E-state index contributed by atoms with van der Waals surface area (Å²) in [6.45, 7) is 2.77. The molecule has 0 radical (unpaired) electrons. The molecule has 0 heterocycles. The van der Waals surface area contributed by atoms with Crippen LogP contribution in [0.2, 0.25) is 0 Å². The summed E-state index contributed by atoms with van der Waals surface area (Å²) in [4.78, 5) is 21.9. The Labute approximate surface area is 115 Å². The number of methoxy groups -OCH3 is 1. The second-order valence-electron chi connectivity index (χ2n) is 3.30. The van der Waals surface area contributed by atoms with Gasteiger partial charge in [-0.3, -0.25) is 0 Å². The Balaban J connectivity index is 2.34. The lowest BCUT2D eigenvalue weighted by atomic mass is 10.3. The van der Waals surface area contributed by atoms with E-state index < -0.39 is 18.9 Å². The molecule has 0 saturated carbocycles. The lowest BCUT2D eigenvalue weighted by Gasteiger charge is -2.07. The Morgan fingerprint density at radius 2 is 1.75 bits per heavy atom. The summed E-state index contributed by atoms with van der Waals surface area (Å²) in [6, 6.07) is 6.22. The number of ether oxygens (including phenoxy) is 5. The first-order chi connectivity index (χ1) is 9.65. The Kier molecular flexibility index (Phi) is 6.63. The number of carbonyl (C=O) groups is 2. The molecule has 1 rings (SSSR count). The van der Waals surface area contributed by atoms with Crippen LogP contribution in [0.1, 0.15) is 0 Å². The fourth-order valence-electron chi connectivity index (χ4n) is 1.05. The van der Waals surface area contributed by atoms with Crippen molar-refractivity contribution >= 4 is 12.1 Å². The van der Waals surface area contributed by atoms with Gasteiger partial charge >= 0.3 is 12.1 Å². The van der Waals surface area contributed by atoms with Crippen LogP contribution in [0.15, 0.2) is 36.9 Å². The van der Waals surface area contributed by atoms with Gasteiger partial charge in [0.2, 0.25) is 6.79 Å². The molecule has 108 valence electrons. The Morgan fingerprint density at radius 1 is 1.10 bits per heavy atom. The van der Waals surface area contributed by atoms with E-state index in [4.69, 9.17) is 14.2 Å². The zero-order valence-corrected chi connectivity index (χ0v) is 10.9. The molecule has 0 N–H and O–H groups in total. The van der Waals surface area contributed by atoms with Crippen LogP contribution in [0.3, 0.4) is 0 Å². The predicted molar refractivity (Wildman–Crippen MR) is 67.2 cm³/mol. The maximum Gasteiger partial charge on any atom is 0.516 e. The van der Waals surface area contributed by atoms with Gasteiger partial charge in [-0.25, -0.2) is 9.59 Å². The van der Waals surface area contributed by atoms with Crippen LogP contribution in [0.5, 0.6) is 11.5 Å². The monoisotopic (exact) mass is 282 g/mol. The highest BCUT2D eigenvalue weighted by molar-refractivity contribution is 5.81. The van der Waals surface area contributed by atoms with Crippen molar-refractivity contribution in [1.29, 1.82) is 0 Å². The maximum absolute atomic E-state index is 11.2. The van der Waals surface area contributed by atoms with E-state index in [9.17, 15) is 9.59 Å². The van der Waals surface area contributed by atoms with Gasteiger partial charge in [0.1, 0.15) is 11.5 Å². The number of hydrogen-bond acceptors (Lipinski definition) is 7. The SMILES string of the molecule is C=CC(=O)OCOC(=O)Oc1ccc(OCOC)cc1. The zero-order valence-electron chi connectivity index (χ0n) is 10.9.